The molecule has 3 aromatic carbocycles. The Morgan fingerprint density at radius 2 is 1.55 bits per heavy atom. The Kier molecular flexibility index (Phi) is 9.88. The van der Waals surface area contributed by atoms with Crippen LogP contribution in [0, 0.1) is 5.82 Å². The molecule has 0 saturated carbocycles. The molecule has 202 valence electrons. The van der Waals surface area contributed by atoms with Crippen molar-refractivity contribution in [3.05, 3.63) is 95.3 Å². The topological polar surface area (TPSA) is 86.8 Å². The number of para-hydroxylation sites is 1. The lowest BCUT2D eigenvalue weighted by molar-refractivity contribution is -0.139. The predicted octanol–water partition coefficient (Wildman–Crippen LogP) is 5.01. The van der Waals surface area contributed by atoms with Gasteiger partial charge in [-0.2, -0.15) is 0 Å². The molecular formula is C28H31ClFN3O4S. The van der Waals surface area contributed by atoms with Crippen molar-refractivity contribution in [3.8, 4) is 0 Å². The quantitative estimate of drug-likeness (QED) is 0.358. The van der Waals surface area contributed by atoms with Gasteiger partial charge in [-0.3, -0.25) is 13.9 Å². The molecule has 10 heteroatoms. The van der Waals surface area contributed by atoms with E-state index in [-0.39, 0.29) is 29.1 Å². The van der Waals surface area contributed by atoms with Crippen molar-refractivity contribution < 1.29 is 22.4 Å². The number of hydrogen-bond acceptors (Lipinski definition) is 4. The van der Waals surface area contributed by atoms with E-state index in [0.717, 1.165) is 4.31 Å². The first-order valence-corrected chi connectivity index (χ1v) is 14.0. The molecule has 3 aromatic rings. The number of nitrogens with one attached hydrogen (secondary N) is 1. The molecule has 0 heterocycles. The minimum absolute atomic E-state index is 0.0160. The van der Waals surface area contributed by atoms with Gasteiger partial charge in [0.05, 0.1) is 10.6 Å². The Morgan fingerprint density at radius 1 is 0.947 bits per heavy atom. The average Bonchev–Trinajstić information content (AvgIpc) is 2.91. The summed E-state index contributed by atoms with van der Waals surface area (Å²) in [4.78, 5) is 28.0. The van der Waals surface area contributed by atoms with E-state index in [4.69, 9.17) is 11.6 Å². The lowest BCUT2D eigenvalue weighted by Gasteiger charge is -2.32. The smallest absolute Gasteiger partial charge is 0.264 e. The summed E-state index contributed by atoms with van der Waals surface area (Å²) in [5, 5.41) is 3.24. The molecule has 2 unspecified atom stereocenters. The third kappa shape index (κ3) is 7.33. The van der Waals surface area contributed by atoms with Crippen LogP contribution in [0.2, 0.25) is 5.02 Å². The van der Waals surface area contributed by atoms with E-state index in [2.05, 4.69) is 5.32 Å². The second-order valence-corrected chi connectivity index (χ2v) is 11.2. The first-order valence-electron chi connectivity index (χ1n) is 12.2. The van der Waals surface area contributed by atoms with Crippen LogP contribution in [-0.2, 0) is 26.2 Å². The number of carbonyl (C=O) groups excluding carboxylic acids is 2. The van der Waals surface area contributed by atoms with Crippen molar-refractivity contribution in [2.45, 2.75) is 50.7 Å². The highest BCUT2D eigenvalue weighted by Gasteiger charge is 2.32. The monoisotopic (exact) mass is 559 g/mol. The molecule has 0 fully saturated rings. The van der Waals surface area contributed by atoms with Gasteiger partial charge in [0, 0.05) is 17.6 Å². The lowest BCUT2D eigenvalue weighted by Crippen LogP contribution is -2.52. The Morgan fingerprint density at radius 3 is 2.13 bits per heavy atom. The van der Waals surface area contributed by atoms with E-state index in [1.165, 1.54) is 53.4 Å². The normalized spacial score (nSPS) is 12.9. The molecule has 0 aliphatic carbocycles. The SMILES string of the molecule is CCC(C)NC(=O)C(C)N(Cc1ccc(F)cc1)C(=O)CN(c1ccccc1)S(=O)(=O)c1ccc(Cl)cc1. The standard InChI is InChI=1S/C28H31ClFN3O4S/c1-4-20(2)31-28(35)21(3)32(18-22-10-14-24(30)15-11-22)27(34)19-33(25-8-6-5-7-9-25)38(36,37)26-16-12-23(29)13-17-26/h5-17,20-21H,4,18-19H2,1-3H3,(H,31,35). The van der Waals surface area contributed by atoms with Crippen LogP contribution in [0.25, 0.3) is 0 Å². The van der Waals surface area contributed by atoms with Gasteiger partial charge < -0.3 is 10.2 Å². The summed E-state index contributed by atoms with van der Waals surface area (Å²) in [5.74, 6) is -1.40. The van der Waals surface area contributed by atoms with Crippen molar-refractivity contribution in [3.63, 3.8) is 0 Å². The molecule has 3 rings (SSSR count). The van der Waals surface area contributed by atoms with Gasteiger partial charge in [-0.1, -0.05) is 48.9 Å². The van der Waals surface area contributed by atoms with Crippen LogP contribution >= 0.6 is 11.6 Å². The van der Waals surface area contributed by atoms with Crippen molar-refractivity contribution in [1.82, 2.24) is 10.2 Å². The van der Waals surface area contributed by atoms with E-state index in [9.17, 15) is 22.4 Å². The van der Waals surface area contributed by atoms with Crippen LogP contribution in [-0.4, -0.2) is 43.8 Å². The van der Waals surface area contributed by atoms with Crippen LogP contribution in [0.4, 0.5) is 10.1 Å². The number of sulfonamides is 1. The average molecular weight is 560 g/mol. The fourth-order valence-corrected chi connectivity index (χ4v) is 5.23. The Hall–Kier alpha value is -3.43. The zero-order chi connectivity index (χ0) is 27.9. The van der Waals surface area contributed by atoms with Gasteiger partial charge in [0.2, 0.25) is 11.8 Å². The molecule has 38 heavy (non-hydrogen) atoms. The molecule has 7 nitrogen and oxygen atoms in total. The third-order valence-electron chi connectivity index (χ3n) is 6.16. The lowest BCUT2D eigenvalue weighted by atomic mass is 10.1. The maximum absolute atomic E-state index is 13.8. The Bertz CT molecular complexity index is 1340. The van der Waals surface area contributed by atoms with Gasteiger partial charge in [0.1, 0.15) is 18.4 Å². The second-order valence-electron chi connectivity index (χ2n) is 8.94. The highest BCUT2D eigenvalue weighted by molar-refractivity contribution is 7.92. The van der Waals surface area contributed by atoms with E-state index in [1.807, 2.05) is 13.8 Å². The Labute approximate surface area is 228 Å². The first-order chi connectivity index (χ1) is 18.0. The number of benzene rings is 3. The molecule has 0 aromatic heterocycles. The maximum atomic E-state index is 13.8. The van der Waals surface area contributed by atoms with Gasteiger partial charge in [0.25, 0.3) is 10.0 Å². The van der Waals surface area contributed by atoms with Crippen molar-refractivity contribution in [2.24, 2.45) is 0 Å². The molecule has 2 amide bonds. The summed E-state index contributed by atoms with van der Waals surface area (Å²) in [6.07, 6.45) is 0.700. The molecule has 0 radical (unpaired) electrons. The second kappa shape index (κ2) is 12.9. The van der Waals surface area contributed by atoms with Crippen LogP contribution in [0.3, 0.4) is 0 Å². The number of halogens is 2. The minimum atomic E-state index is -4.17. The Balaban J connectivity index is 1.99. The zero-order valence-corrected chi connectivity index (χ0v) is 23.0. The van der Waals surface area contributed by atoms with E-state index in [0.29, 0.717) is 17.0 Å². The summed E-state index contributed by atoms with van der Waals surface area (Å²) >= 11 is 5.95. The van der Waals surface area contributed by atoms with E-state index >= 15 is 0 Å². The third-order valence-corrected chi connectivity index (χ3v) is 8.20. The molecule has 0 aliphatic rings. The molecule has 0 spiro atoms. The highest BCUT2D eigenvalue weighted by Crippen LogP contribution is 2.25. The first kappa shape index (κ1) is 29.1. The number of amides is 2. The van der Waals surface area contributed by atoms with Crippen LogP contribution < -0.4 is 9.62 Å². The summed E-state index contributed by atoms with van der Waals surface area (Å²) in [6, 6.07) is 18.5. The summed E-state index contributed by atoms with van der Waals surface area (Å²) in [7, 11) is -4.17. The van der Waals surface area contributed by atoms with Crippen LogP contribution in [0.5, 0.6) is 0 Å². The fourth-order valence-electron chi connectivity index (χ4n) is 3.69. The number of carbonyl (C=O) groups is 2. The maximum Gasteiger partial charge on any atom is 0.264 e. The van der Waals surface area contributed by atoms with Crippen molar-refractivity contribution >= 4 is 39.1 Å². The molecule has 0 bridgehead atoms. The summed E-state index contributed by atoms with van der Waals surface area (Å²) < 4.78 is 41.9. The zero-order valence-electron chi connectivity index (χ0n) is 21.5. The number of nitrogens with zero attached hydrogens (tertiary/aromatic N) is 2. The van der Waals surface area contributed by atoms with Gasteiger partial charge in [-0.05, 0) is 74.4 Å². The number of hydrogen-bond donors (Lipinski definition) is 1. The summed E-state index contributed by atoms with van der Waals surface area (Å²) in [6.45, 7) is 4.79. The highest BCUT2D eigenvalue weighted by atomic mass is 35.5. The van der Waals surface area contributed by atoms with Crippen LogP contribution in [0.15, 0.2) is 83.8 Å². The summed E-state index contributed by atoms with van der Waals surface area (Å²) in [5.41, 5.74) is 0.879. The number of anilines is 1. The van der Waals surface area contributed by atoms with E-state index < -0.39 is 34.3 Å². The molecular weight excluding hydrogens is 529 g/mol. The molecule has 0 saturated heterocycles. The number of rotatable bonds is 11. The largest absolute Gasteiger partial charge is 0.352 e. The predicted molar refractivity (Wildman–Crippen MR) is 147 cm³/mol. The van der Waals surface area contributed by atoms with Gasteiger partial charge in [-0.25, -0.2) is 12.8 Å². The minimum Gasteiger partial charge on any atom is -0.352 e. The van der Waals surface area contributed by atoms with Crippen LogP contribution in [0.1, 0.15) is 32.8 Å². The van der Waals surface area contributed by atoms with E-state index in [1.54, 1.807) is 37.3 Å². The van der Waals surface area contributed by atoms with Crippen molar-refractivity contribution in [1.29, 1.82) is 0 Å². The molecule has 2 atom stereocenters. The van der Waals surface area contributed by atoms with Gasteiger partial charge in [-0.15, -0.1) is 0 Å². The van der Waals surface area contributed by atoms with Gasteiger partial charge >= 0.3 is 0 Å². The van der Waals surface area contributed by atoms with Crippen molar-refractivity contribution in [2.75, 3.05) is 10.8 Å². The molecule has 1 N–H and O–H groups in total. The fraction of sp³-hybridized carbons (Fsp3) is 0.286. The van der Waals surface area contributed by atoms with Gasteiger partial charge in [0.15, 0.2) is 0 Å². The molecule has 0 aliphatic heterocycles.